The number of nitrogens with zero attached hydrogens (tertiary/aromatic N) is 1. The number of hydrogen-bond acceptors (Lipinski definition) is 4. The van der Waals surface area contributed by atoms with Gasteiger partial charge in [0.05, 0.1) is 17.6 Å². The van der Waals surface area contributed by atoms with E-state index in [0.717, 1.165) is 15.1 Å². The number of nitrogens with two attached hydrogens (primary N) is 1. The molecule has 0 aromatic heterocycles. The molecule has 6 nitrogen and oxygen atoms in total. The summed E-state index contributed by atoms with van der Waals surface area (Å²) in [7, 11) is -3.83. The maximum absolute atomic E-state index is 13.0. The summed E-state index contributed by atoms with van der Waals surface area (Å²) < 4.78 is 32.4. The van der Waals surface area contributed by atoms with Crippen molar-refractivity contribution in [2.45, 2.75) is 24.0 Å². The minimum absolute atomic E-state index is 0.104. The fraction of sp³-hybridized carbons (Fsp3) is 0.312. The Morgan fingerprint density at radius 3 is 2.61 bits per heavy atom. The lowest BCUT2D eigenvalue weighted by atomic mass is 10.1. The molecule has 2 atom stereocenters. The zero-order chi connectivity index (χ0) is 16.6. The molecule has 1 heterocycles. The first kappa shape index (κ1) is 15.9. The zero-order valence-electron chi connectivity index (χ0n) is 12.7. The average Bonchev–Trinajstić information content (AvgIpc) is 2.53. The summed E-state index contributed by atoms with van der Waals surface area (Å²) in [6.45, 7) is 1.99. The van der Waals surface area contributed by atoms with Crippen molar-refractivity contribution in [3.8, 4) is 0 Å². The molecule has 1 fully saturated rings. The van der Waals surface area contributed by atoms with Crippen LogP contribution in [0.4, 0.5) is 0 Å². The van der Waals surface area contributed by atoms with Crippen LogP contribution in [0.15, 0.2) is 47.4 Å². The molecule has 1 aliphatic rings. The fourth-order valence-electron chi connectivity index (χ4n) is 2.90. The van der Waals surface area contributed by atoms with Crippen LogP contribution in [-0.4, -0.2) is 43.9 Å². The molecule has 2 aromatic rings. The van der Waals surface area contributed by atoms with Gasteiger partial charge < -0.3 is 10.5 Å². The van der Waals surface area contributed by atoms with Crippen LogP contribution in [0.2, 0.25) is 0 Å². The second-order valence-corrected chi connectivity index (χ2v) is 7.44. The standard InChI is InChI=1S/C16H18N2O4S/c1-11-15(16(17)19)18(8-9-22-11)23(20,21)14-7-6-12-4-2-3-5-13(12)10-14/h2-7,10-11,15H,8-9H2,1H3,(H2,17,19)/t11-,15+/m1/s1. The second-order valence-electron chi connectivity index (χ2n) is 5.55. The van der Waals surface area contributed by atoms with E-state index in [0.29, 0.717) is 0 Å². The van der Waals surface area contributed by atoms with Crippen molar-refractivity contribution in [2.75, 3.05) is 13.2 Å². The molecule has 1 amide bonds. The van der Waals surface area contributed by atoms with Crippen molar-refractivity contribution in [1.82, 2.24) is 4.31 Å². The number of ether oxygens (including phenoxy) is 1. The quantitative estimate of drug-likeness (QED) is 0.910. The predicted octanol–water partition coefficient (Wildman–Crippen LogP) is 1.10. The van der Waals surface area contributed by atoms with Crippen LogP contribution in [0.3, 0.4) is 0 Å². The van der Waals surface area contributed by atoms with E-state index in [1.54, 1.807) is 25.1 Å². The van der Waals surface area contributed by atoms with Crippen molar-refractivity contribution >= 4 is 26.7 Å². The van der Waals surface area contributed by atoms with Crippen LogP contribution < -0.4 is 5.73 Å². The molecule has 0 radical (unpaired) electrons. The monoisotopic (exact) mass is 334 g/mol. The third-order valence-corrected chi connectivity index (χ3v) is 5.94. The molecule has 23 heavy (non-hydrogen) atoms. The van der Waals surface area contributed by atoms with Gasteiger partial charge in [0.25, 0.3) is 0 Å². The Morgan fingerprint density at radius 2 is 1.91 bits per heavy atom. The number of fused-ring (bicyclic) bond motifs is 1. The number of benzene rings is 2. The molecule has 0 unspecified atom stereocenters. The van der Waals surface area contributed by atoms with Crippen LogP contribution in [-0.2, 0) is 19.6 Å². The van der Waals surface area contributed by atoms with Gasteiger partial charge in [0.1, 0.15) is 6.04 Å². The topological polar surface area (TPSA) is 89.7 Å². The summed E-state index contributed by atoms with van der Waals surface area (Å²) in [5.41, 5.74) is 5.39. The molecule has 0 bridgehead atoms. The first-order valence-electron chi connectivity index (χ1n) is 7.33. The largest absolute Gasteiger partial charge is 0.375 e. The summed E-state index contributed by atoms with van der Waals surface area (Å²) in [6.07, 6.45) is -0.573. The van der Waals surface area contributed by atoms with E-state index in [1.807, 2.05) is 24.3 Å². The Kier molecular flexibility index (Phi) is 4.09. The number of sulfonamides is 1. The Labute approximate surface area is 134 Å². The number of hydrogen-bond donors (Lipinski definition) is 1. The fourth-order valence-corrected chi connectivity index (χ4v) is 4.58. The molecular weight excluding hydrogens is 316 g/mol. The molecule has 3 rings (SSSR count). The van der Waals surface area contributed by atoms with Gasteiger partial charge in [0.2, 0.25) is 15.9 Å². The van der Waals surface area contributed by atoms with Crippen LogP contribution >= 0.6 is 0 Å². The van der Waals surface area contributed by atoms with Crippen LogP contribution in [0.5, 0.6) is 0 Å². The first-order valence-corrected chi connectivity index (χ1v) is 8.77. The lowest BCUT2D eigenvalue weighted by molar-refractivity contribution is -0.130. The van der Waals surface area contributed by atoms with Crippen molar-refractivity contribution in [3.63, 3.8) is 0 Å². The lowest BCUT2D eigenvalue weighted by Crippen LogP contribution is -2.58. The van der Waals surface area contributed by atoms with E-state index in [4.69, 9.17) is 10.5 Å². The Hall–Kier alpha value is -1.96. The van der Waals surface area contributed by atoms with E-state index in [9.17, 15) is 13.2 Å². The molecule has 1 aliphatic heterocycles. The Morgan fingerprint density at radius 1 is 1.22 bits per heavy atom. The lowest BCUT2D eigenvalue weighted by Gasteiger charge is -2.36. The van der Waals surface area contributed by atoms with Crippen LogP contribution in [0.25, 0.3) is 10.8 Å². The minimum Gasteiger partial charge on any atom is -0.375 e. The summed E-state index contributed by atoms with van der Waals surface area (Å²) in [4.78, 5) is 11.9. The van der Waals surface area contributed by atoms with Gasteiger partial charge in [-0.1, -0.05) is 30.3 Å². The Balaban J connectivity index is 2.06. The van der Waals surface area contributed by atoms with E-state index >= 15 is 0 Å². The number of morpholine rings is 1. The summed E-state index contributed by atoms with van der Waals surface area (Å²) in [6, 6.07) is 11.4. The highest BCUT2D eigenvalue weighted by atomic mass is 32.2. The van der Waals surface area contributed by atoms with E-state index < -0.39 is 28.1 Å². The molecule has 0 aliphatic carbocycles. The highest BCUT2D eigenvalue weighted by Crippen LogP contribution is 2.26. The number of rotatable bonds is 3. The predicted molar refractivity (Wildman–Crippen MR) is 86.2 cm³/mol. The van der Waals surface area contributed by atoms with Gasteiger partial charge in [-0.15, -0.1) is 0 Å². The normalized spacial score (nSPS) is 23.0. The van der Waals surface area contributed by atoms with Crippen molar-refractivity contribution in [1.29, 1.82) is 0 Å². The number of carbonyl (C=O) groups excluding carboxylic acids is 1. The average molecular weight is 334 g/mol. The van der Waals surface area contributed by atoms with Crippen molar-refractivity contribution in [2.24, 2.45) is 5.73 Å². The third-order valence-electron chi connectivity index (χ3n) is 4.07. The molecule has 0 saturated carbocycles. The number of amides is 1. The minimum atomic E-state index is -3.83. The molecule has 0 spiro atoms. The van der Waals surface area contributed by atoms with Gasteiger partial charge in [-0.05, 0) is 29.8 Å². The number of primary amides is 1. The highest BCUT2D eigenvalue weighted by Gasteiger charge is 2.41. The Bertz CT molecular complexity index is 850. The maximum atomic E-state index is 13.0. The molecular formula is C16H18N2O4S. The third kappa shape index (κ3) is 2.83. The zero-order valence-corrected chi connectivity index (χ0v) is 13.5. The number of carbonyl (C=O) groups is 1. The smallest absolute Gasteiger partial charge is 0.243 e. The van der Waals surface area contributed by atoms with E-state index in [-0.39, 0.29) is 18.0 Å². The second kappa shape index (κ2) is 5.92. The highest BCUT2D eigenvalue weighted by molar-refractivity contribution is 7.89. The van der Waals surface area contributed by atoms with E-state index in [2.05, 4.69) is 0 Å². The van der Waals surface area contributed by atoms with Crippen molar-refractivity contribution < 1.29 is 17.9 Å². The van der Waals surface area contributed by atoms with Gasteiger partial charge in [-0.2, -0.15) is 4.31 Å². The molecule has 1 saturated heterocycles. The van der Waals surface area contributed by atoms with Crippen LogP contribution in [0.1, 0.15) is 6.92 Å². The summed E-state index contributed by atoms with van der Waals surface area (Å²) in [5, 5.41) is 1.78. The first-order chi connectivity index (χ1) is 10.9. The van der Waals surface area contributed by atoms with Crippen LogP contribution in [0, 0.1) is 0 Å². The van der Waals surface area contributed by atoms with Gasteiger partial charge in [-0.25, -0.2) is 8.42 Å². The maximum Gasteiger partial charge on any atom is 0.243 e. The molecule has 122 valence electrons. The van der Waals surface area contributed by atoms with Gasteiger partial charge in [0.15, 0.2) is 0 Å². The SMILES string of the molecule is C[C@H]1OCCN(S(=O)(=O)c2ccc3ccccc3c2)[C@@H]1C(N)=O. The summed E-state index contributed by atoms with van der Waals surface area (Å²) >= 11 is 0. The van der Waals surface area contributed by atoms with Crippen molar-refractivity contribution in [3.05, 3.63) is 42.5 Å². The summed E-state index contributed by atoms with van der Waals surface area (Å²) in [5.74, 6) is -0.707. The molecule has 2 N–H and O–H groups in total. The van der Waals surface area contributed by atoms with Gasteiger partial charge >= 0.3 is 0 Å². The molecule has 2 aromatic carbocycles. The van der Waals surface area contributed by atoms with E-state index in [1.165, 1.54) is 0 Å². The van der Waals surface area contributed by atoms with Gasteiger partial charge in [-0.3, -0.25) is 4.79 Å². The van der Waals surface area contributed by atoms with Gasteiger partial charge in [0, 0.05) is 6.54 Å². The molecule has 7 heteroatoms.